The van der Waals surface area contributed by atoms with Gasteiger partial charge in [-0.05, 0) is 62.7 Å². The number of benzene rings is 2. The first-order valence-electron chi connectivity index (χ1n) is 10.2. The highest BCUT2D eigenvalue weighted by atomic mass is 16.5. The number of fused-ring (bicyclic) bond motifs is 1. The van der Waals surface area contributed by atoms with Gasteiger partial charge >= 0.3 is 0 Å². The van der Waals surface area contributed by atoms with Crippen molar-refractivity contribution >= 4 is 11.5 Å². The van der Waals surface area contributed by atoms with Crippen LogP contribution in [0.4, 0.5) is 5.82 Å². The molecule has 0 bridgehead atoms. The van der Waals surface area contributed by atoms with Gasteiger partial charge in [-0.1, -0.05) is 30.3 Å². The number of rotatable bonds is 6. The number of nitrogens with zero attached hydrogens (tertiary/aromatic N) is 2. The average Bonchev–Trinajstić information content (AvgIpc) is 3.06. The Hall–Kier alpha value is -3.47. The van der Waals surface area contributed by atoms with E-state index in [1.807, 2.05) is 53.1 Å². The summed E-state index contributed by atoms with van der Waals surface area (Å²) in [4.78, 5) is 4.89. The lowest BCUT2D eigenvalue weighted by Crippen LogP contribution is -2.26. The molecule has 0 saturated heterocycles. The van der Waals surface area contributed by atoms with Crippen LogP contribution in [-0.4, -0.2) is 26.6 Å². The second-order valence-electron chi connectivity index (χ2n) is 8.38. The van der Waals surface area contributed by atoms with Crippen LogP contribution in [0.2, 0.25) is 0 Å². The molecule has 30 heavy (non-hydrogen) atoms. The molecule has 5 nitrogen and oxygen atoms in total. The zero-order chi connectivity index (χ0) is 21.1. The summed E-state index contributed by atoms with van der Waals surface area (Å²) in [5, 5.41) is 13.2. The molecule has 4 aromatic rings. The molecule has 0 fully saturated rings. The van der Waals surface area contributed by atoms with Gasteiger partial charge in [-0.25, -0.2) is 4.98 Å². The minimum Gasteiger partial charge on any atom is -0.508 e. The van der Waals surface area contributed by atoms with Crippen molar-refractivity contribution in [1.82, 2.24) is 9.38 Å². The van der Waals surface area contributed by atoms with Gasteiger partial charge in [0, 0.05) is 23.7 Å². The minimum absolute atomic E-state index is 0.155. The Morgan fingerprint density at radius 2 is 1.70 bits per heavy atom. The van der Waals surface area contributed by atoms with Crippen LogP contribution in [0, 0.1) is 0 Å². The van der Waals surface area contributed by atoms with Crippen LogP contribution in [0.1, 0.15) is 26.3 Å². The van der Waals surface area contributed by atoms with Crippen LogP contribution < -0.4 is 10.1 Å². The number of hydrogen-bond acceptors (Lipinski definition) is 4. The molecule has 0 unspecified atom stereocenters. The van der Waals surface area contributed by atoms with Gasteiger partial charge < -0.3 is 15.2 Å². The van der Waals surface area contributed by atoms with Gasteiger partial charge in [0.25, 0.3) is 0 Å². The third-order valence-electron chi connectivity index (χ3n) is 4.74. The van der Waals surface area contributed by atoms with E-state index in [1.54, 1.807) is 12.1 Å². The summed E-state index contributed by atoms with van der Waals surface area (Å²) in [7, 11) is 0. The standard InChI is InChI=1S/C25H27N3O2/c1-25(2,3)27-23-22(19-11-13-20(29)14-12-19)28-16-7-10-21(24(28)26-23)30-17-15-18-8-5-4-6-9-18/h4-14,16,27,29H,15,17H2,1-3H3. The molecule has 0 aliphatic carbocycles. The molecule has 154 valence electrons. The number of anilines is 1. The van der Waals surface area contributed by atoms with Crippen LogP contribution in [-0.2, 0) is 6.42 Å². The SMILES string of the molecule is CC(C)(C)Nc1nc2c(OCCc3ccccc3)cccn2c1-c1ccc(O)cc1. The molecule has 0 atom stereocenters. The molecule has 2 heterocycles. The molecular weight excluding hydrogens is 374 g/mol. The van der Waals surface area contributed by atoms with E-state index in [1.165, 1.54) is 5.56 Å². The van der Waals surface area contributed by atoms with Crippen molar-refractivity contribution in [1.29, 1.82) is 0 Å². The van der Waals surface area contributed by atoms with Crippen molar-refractivity contribution in [3.05, 3.63) is 78.5 Å². The molecule has 2 N–H and O–H groups in total. The van der Waals surface area contributed by atoms with E-state index >= 15 is 0 Å². The smallest absolute Gasteiger partial charge is 0.182 e. The van der Waals surface area contributed by atoms with E-state index in [4.69, 9.17) is 9.72 Å². The van der Waals surface area contributed by atoms with Gasteiger partial charge in [0.15, 0.2) is 17.2 Å². The highest BCUT2D eigenvalue weighted by molar-refractivity contribution is 5.79. The van der Waals surface area contributed by atoms with Crippen molar-refractivity contribution in [3.63, 3.8) is 0 Å². The predicted octanol–water partition coefficient (Wildman–Crippen LogP) is 5.54. The lowest BCUT2D eigenvalue weighted by Gasteiger charge is -2.21. The van der Waals surface area contributed by atoms with Crippen LogP contribution >= 0.6 is 0 Å². The number of nitrogens with one attached hydrogen (secondary N) is 1. The predicted molar refractivity (Wildman–Crippen MR) is 121 cm³/mol. The Balaban J connectivity index is 1.71. The molecule has 0 saturated carbocycles. The third-order valence-corrected chi connectivity index (χ3v) is 4.74. The van der Waals surface area contributed by atoms with Gasteiger partial charge in [-0.3, -0.25) is 4.40 Å². The number of aromatic nitrogens is 2. The van der Waals surface area contributed by atoms with Crippen LogP contribution in [0.15, 0.2) is 72.9 Å². The summed E-state index contributed by atoms with van der Waals surface area (Å²) in [6.07, 6.45) is 2.82. The van der Waals surface area contributed by atoms with Crippen molar-refractivity contribution < 1.29 is 9.84 Å². The normalized spacial score (nSPS) is 11.6. The van der Waals surface area contributed by atoms with Gasteiger partial charge in [0.2, 0.25) is 0 Å². The van der Waals surface area contributed by atoms with Crippen molar-refractivity contribution in [2.45, 2.75) is 32.7 Å². The van der Waals surface area contributed by atoms with E-state index in [0.29, 0.717) is 6.61 Å². The second kappa shape index (κ2) is 8.11. The summed E-state index contributed by atoms with van der Waals surface area (Å²) in [6, 6.07) is 21.4. The number of hydrogen-bond donors (Lipinski definition) is 2. The van der Waals surface area contributed by atoms with E-state index in [0.717, 1.165) is 34.9 Å². The van der Waals surface area contributed by atoms with E-state index in [-0.39, 0.29) is 11.3 Å². The van der Waals surface area contributed by atoms with Crippen molar-refractivity contribution in [2.24, 2.45) is 0 Å². The molecule has 0 aliphatic rings. The number of ether oxygens (including phenoxy) is 1. The van der Waals surface area contributed by atoms with Gasteiger partial charge in [-0.15, -0.1) is 0 Å². The largest absolute Gasteiger partial charge is 0.508 e. The van der Waals surface area contributed by atoms with Crippen molar-refractivity contribution in [2.75, 3.05) is 11.9 Å². The molecule has 5 heteroatoms. The van der Waals surface area contributed by atoms with E-state index < -0.39 is 0 Å². The maximum atomic E-state index is 9.70. The van der Waals surface area contributed by atoms with E-state index in [9.17, 15) is 5.11 Å². The summed E-state index contributed by atoms with van der Waals surface area (Å²) >= 11 is 0. The highest BCUT2D eigenvalue weighted by Crippen LogP contribution is 2.34. The van der Waals surface area contributed by atoms with Gasteiger partial charge in [-0.2, -0.15) is 0 Å². The van der Waals surface area contributed by atoms with Crippen LogP contribution in [0.5, 0.6) is 11.5 Å². The molecule has 0 aliphatic heterocycles. The summed E-state index contributed by atoms with van der Waals surface area (Å²) in [5.74, 6) is 1.77. The first kappa shape index (κ1) is 19.8. The highest BCUT2D eigenvalue weighted by Gasteiger charge is 2.21. The zero-order valence-corrected chi connectivity index (χ0v) is 17.6. The minimum atomic E-state index is -0.155. The number of pyridine rings is 1. The second-order valence-corrected chi connectivity index (χ2v) is 8.38. The quantitative estimate of drug-likeness (QED) is 0.445. The van der Waals surface area contributed by atoms with Crippen LogP contribution in [0.3, 0.4) is 0 Å². The monoisotopic (exact) mass is 401 g/mol. The summed E-state index contributed by atoms with van der Waals surface area (Å²) in [6.45, 7) is 6.89. The molecule has 2 aromatic heterocycles. The van der Waals surface area contributed by atoms with Gasteiger partial charge in [0.05, 0.1) is 12.3 Å². The molecule has 0 radical (unpaired) electrons. The van der Waals surface area contributed by atoms with Crippen LogP contribution in [0.25, 0.3) is 16.9 Å². The van der Waals surface area contributed by atoms with E-state index in [2.05, 4.69) is 38.2 Å². The maximum absolute atomic E-state index is 9.70. The van der Waals surface area contributed by atoms with Gasteiger partial charge in [0.1, 0.15) is 5.75 Å². The Labute approximate surface area is 177 Å². The topological polar surface area (TPSA) is 58.8 Å². The fourth-order valence-corrected chi connectivity index (χ4v) is 3.42. The first-order valence-corrected chi connectivity index (χ1v) is 10.2. The van der Waals surface area contributed by atoms with Crippen molar-refractivity contribution in [3.8, 4) is 22.8 Å². The first-order chi connectivity index (χ1) is 14.4. The molecular formula is C25H27N3O2. The fourth-order valence-electron chi connectivity index (χ4n) is 3.42. The molecule has 0 amide bonds. The number of aromatic hydroxyl groups is 1. The Kier molecular flexibility index (Phi) is 5.36. The Morgan fingerprint density at radius 3 is 2.40 bits per heavy atom. The summed E-state index contributed by atoms with van der Waals surface area (Å²) in [5.41, 5.74) is 3.76. The maximum Gasteiger partial charge on any atom is 0.182 e. The Bertz CT molecular complexity index is 1130. The lowest BCUT2D eigenvalue weighted by atomic mass is 10.1. The molecule has 0 spiro atoms. The average molecular weight is 402 g/mol. The Morgan fingerprint density at radius 1 is 0.967 bits per heavy atom. The number of phenols is 1. The number of phenolic OH excluding ortho intramolecular Hbond substituents is 1. The lowest BCUT2D eigenvalue weighted by molar-refractivity contribution is 0.324. The molecule has 2 aromatic carbocycles. The number of imidazole rings is 1. The fraction of sp³-hybridized carbons (Fsp3) is 0.240. The summed E-state index contributed by atoms with van der Waals surface area (Å²) < 4.78 is 8.17. The third kappa shape index (κ3) is 4.40. The molecule has 4 rings (SSSR count). The zero-order valence-electron chi connectivity index (χ0n) is 17.6.